The number of carboxylic acids is 3. The first-order valence-electron chi connectivity index (χ1n) is 12.5. The number of Topliss-reactive ketones (excluding diaryl/α,β-unsaturated/α-hetero) is 3. The Hall–Kier alpha value is -1.86. The van der Waals surface area contributed by atoms with Crippen molar-refractivity contribution in [3.63, 3.8) is 0 Å². The maximum Gasteiger partial charge on any atom is 1.00 e. The van der Waals surface area contributed by atoms with Crippen LogP contribution >= 0.6 is 0 Å². The van der Waals surface area contributed by atoms with Crippen LogP contribution in [0.5, 0.6) is 11.5 Å². The molecular weight excluding hydrogens is 643 g/mol. The van der Waals surface area contributed by atoms with Crippen LogP contribution in [-0.4, -0.2) is 78.0 Å². The van der Waals surface area contributed by atoms with Gasteiger partial charge in [0.25, 0.3) is 0 Å². The number of fused-ring (bicyclic) bond motifs is 3. The second-order valence-electron chi connectivity index (χ2n) is 10.5. The molecule has 0 aliphatic heterocycles. The topological polar surface area (TPSA) is 299 Å². The molecule has 0 saturated heterocycles. The van der Waals surface area contributed by atoms with Gasteiger partial charge in [0.05, 0.1) is 23.0 Å². The fraction of sp³-hybridized carbons (Fsp3) is 0.357. The number of carboxylic acid groups (broad SMARTS) is 3. The van der Waals surface area contributed by atoms with Crippen LogP contribution in [0.4, 0.5) is 0 Å². The number of aryl methyl sites for hydroxylation is 2. The number of aliphatic carboxylic acids is 3. The fourth-order valence-electron chi connectivity index (χ4n) is 5.44. The van der Waals surface area contributed by atoms with E-state index in [-0.39, 0.29) is 112 Å². The van der Waals surface area contributed by atoms with Crippen LogP contribution in [0.2, 0.25) is 0 Å². The second kappa shape index (κ2) is 16.0. The van der Waals surface area contributed by atoms with E-state index in [0.717, 1.165) is 6.92 Å². The minimum absolute atomic E-state index is 0. The molecule has 230 valence electrons. The van der Waals surface area contributed by atoms with Crippen molar-refractivity contribution in [2.45, 2.75) is 57.3 Å². The number of aliphatic hydroxyl groups is 3. The molecule has 3 atom stereocenters. The summed E-state index contributed by atoms with van der Waals surface area (Å²) < 4.78 is 0. The van der Waals surface area contributed by atoms with Gasteiger partial charge in [-0.1, -0.05) is 12.1 Å². The number of phenolic OH excluding ortho intramolecular Hbond substituents is 2. The van der Waals surface area contributed by atoms with E-state index in [0.29, 0.717) is 22.1 Å². The molecule has 7 N–H and O–H groups in total. The Labute approximate surface area is 327 Å². The van der Waals surface area contributed by atoms with Crippen molar-refractivity contribution in [1.82, 2.24) is 0 Å². The van der Waals surface area contributed by atoms with E-state index in [9.17, 15) is 64.5 Å². The Bertz CT molecular complexity index is 1650. The summed E-state index contributed by atoms with van der Waals surface area (Å²) in [7, 11) is 0. The van der Waals surface area contributed by atoms with E-state index in [1.165, 1.54) is 0 Å². The quantitative estimate of drug-likeness (QED) is 0.123. The molecule has 46 heavy (non-hydrogen) atoms. The number of carbonyl (C=O) groups excluding carboxylic acids is 6. The summed E-state index contributed by atoms with van der Waals surface area (Å²) in [6, 6.07) is 1.97. The molecule has 0 bridgehead atoms. The van der Waals surface area contributed by atoms with Crippen LogP contribution in [0.1, 0.15) is 46.8 Å². The smallest absolute Gasteiger partial charge is 0.550 e. The molecule has 18 heteroatoms. The Balaban J connectivity index is 0.00000109. The predicted octanol–water partition coefficient (Wildman–Crippen LogP) is -13.0. The van der Waals surface area contributed by atoms with Gasteiger partial charge < -0.3 is 61.0 Å². The molecule has 2 aromatic carbocycles. The third-order valence-electron chi connectivity index (χ3n) is 7.73. The van der Waals surface area contributed by atoms with Crippen molar-refractivity contribution in [3.8, 4) is 11.5 Å². The average Bonchev–Trinajstić information content (AvgIpc) is 2.88. The summed E-state index contributed by atoms with van der Waals surface area (Å²) in [6.45, 7) is 4.35. The van der Waals surface area contributed by atoms with Gasteiger partial charge in [0.1, 0.15) is 28.4 Å². The van der Waals surface area contributed by atoms with Crippen molar-refractivity contribution >= 4 is 46.0 Å². The summed E-state index contributed by atoms with van der Waals surface area (Å²) in [5.41, 5.74) is 0.829. The van der Waals surface area contributed by atoms with Crippen molar-refractivity contribution in [2.24, 2.45) is 11.7 Å². The van der Waals surface area contributed by atoms with Gasteiger partial charge in [0.15, 0.2) is 17.2 Å². The third-order valence-corrected chi connectivity index (χ3v) is 7.73. The summed E-state index contributed by atoms with van der Waals surface area (Å²) in [4.78, 5) is 67.9. The van der Waals surface area contributed by atoms with Crippen LogP contribution in [0.15, 0.2) is 23.5 Å². The Morgan fingerprint density at radius 2 is 1.46 bits per heavy atom. The van der Waals surface area contributed by atoms with E-state index in [4.69, 9.17) is 10.8 Å². The first-order valence-corrected chi connectivity index (χ1v) is 12.5. The number of aromatic hydroxyl groups is 2. The van der Waals surface area contributed by atoms with E-state index in [1.807, 2.05) is 0 Å². The predicted molar refractivity (Wildman–Crippen MR) is 136 cm³/mol. The molecule has 0 unspecified atom stereocenters. The largest absolute Gasteiger partial charge is 1.00 e. The molecule has 0 aromatic heterocycles. The molecule has 4 rings (SSSR count). The van der Waals surface area contributed by atoms with E-state index >= 15 is 0 Å². The molecule has 2 aliphatic rings. The number of hydrogen-bond acceptors (Lipinski definition) is 15. The van der Waals surface area contributed by atoms with Gasteiger partial charge in [0.2, 0.25) is 5.78 Å². The van der Waals surface area contributed by atoms with E-state index in [2.05, 4.69) is 0 Å². The summed E-state index contributed by atoms with van der Waals surface area (Å²) in [5, 5.41) is 82.8. The molecule has 0 spiro atoms. The molecule has 0 amide bonds. The number of ketones is 3. The maximum atomic E-state index is 13.5. The number of benzene rings is 2. The zero-order valence-electron chi connectivity index (χ0n) is 25.9. The minimum Gasteiger partial charge on any atom is -0.550 e. The minimum atomic E-state index is -2.97. The van der Waals surface area contributed by atoms with Crippen LogP contribution in [0.3, 0.4) is 0 Å². The second-order valence-corrected chi connectivity index (χ2v) is 10.5. The van der Waals surface area contributed by atoms with E-state index < -0.39 is 88.3 Å². The molecule has 2 aromatic rings. The van der Waals surface area contributed by atoms with Crippen LogP contribution in [0, 0.1) is 19.8 Å². The molecule has 2 aliphatic carbocycles. The van der Waals surface area contributed by atoms with Gasteiger partial charge in [-0.25, -0.2) is 0 Å². The van der Waals surface area contributed by atoms with Crippen LogP contribution in [0.25, 0.3) is 10.8 Å². The Morgan fingerprint density at radius 1 is 0.957 bits per heavy atom. The van der Waals surface area contributed by atoms with Gasteiger partial charge in [0, 0.05) is 30.7 Å². The fourth-order valence-corrected chi connectivity index (χ4v) is 5.44. The van der Waals surface area contributed by atoms with Crippen molar-refractivity contribution in [3.05, 3.63) is 45.7 Å². The van der Waals surface area contributed by atoms with Gasteiger partial charge in [-0.3, -0.25) is 14.4 Å². The number of aliphatic hydroxyl groups excluding tert-OH is 1. The average molecular weight is 669 g/mol. The summed E-state index contributed by atoms with van der Waals surface area (Å²) in [6.07, 6.45) is -2.81. The number of phenols is 2. The zero-order valence-corrected chi connectivity index (χ0v) is 31.9. The zero-order chi connectivity index (χ0) is 32.9. The number of rotatable bonds is 6. The SMILES string of the molecule is CC(=O)C1=C(O)[C@@]2(O)C(=O)c3c(c(C)c4ccc(C)c(O)c4c3O)C[C@H]2[C@@H](N)C1=O.O=C([O-])CC(O)(CC(=O)[O-])C(=O)[O-].[Na+].[Na+].[Na+]. The van der Waals surface area contributed by atoms with Gasteiger partial charge in [-0.05, 0) is 49.3 Å². The Morgan fingerprint density at radius 3 is 1.89 bits per heavy atom. The van der Waals surface area contributed by atoms with Crippen molar-refractivity contribution in [2.75, 3.05) is 0 Å². The van der Waals surface area contributed by atoms with Crippen LogP contribution in [-0.2, 0) is 30.4 Å². The van der Waals surface area contributed by atoms with Gasteiger partial charge in [-0.2, -0.15) is 0 Å². The van der Waals surface area contributed by atoms with Crippen molar-refractivity contribution < 1.29 is 158 Å². The maximum absolute atomic E-state index is 13.5. The molecular formula is C28H26NNa3O14. The molecule has 0 saturated carbocycles. The molecule has 15 nitrogen and oxygen atoms in total. The van der Waals surface area contributed by atoms with Gasteiger partial charge in [-0.15, -0.1) is 0 Å². The molecule has 0 heterocycles. The number of hydrogen-bond donors (Lipinski definition) is 6. The monoisotopic (exact) mass is 669 g/mol. The third kappa shape index (κ3) is 7.56. The van der Waals surface area contributed by atoms with Crippen molar-refractivity contribution in [1.29, 1.82) is 0 Å². The van der Waals surface area contributed by atoms with Gasteiger partial charge >= 0.3 is 88.7 Å². The summed E-state index contributed by atoms with van der Waals surface area (Å²) >= 11 is 0. The Kier molecular flexibility index (Phi) is 15.4. The first kappa shape index (κ1) is 44.1. The summed E-state index contributed by atoms with van der Waals surface area (Å²) in [5.74, 6) is -11.7. The number of nitrogens with two attached hydrogens (primary N) is 1. The standard InChI is InChI=1S/C22H21NO7.C6H8O7.3Na/c1-7-4-5-10-8(2)11-6-12-16(23)19(27)13(9(3)24)20(28)22(12,30)21(29)15(11)18(26)14(10)17(7)25;7-3(8)1-6(13,5(11)12)2-4(9)10;;;/h4-5,12,16,25-26,28,30H,6,23H2,1-3H3;13H,1-2H2,(H,7,8)(H,9,10)(H,11,12);;;/q;;3*+1/p-3/t12-,16+,22+;;;;/m0..../s1. The van der Waals surface area contributed by atoms with E-state index in [1.54, 1.807) is 26.0 Å². The number of carbonyl (C=O) groups is 6. The normalized spacial score (nSPS) is 20.0. The molecule has 0 fully saturated rings. The molecule has 0 radical (unpaired) electrons. The van der Waals surface area contributed by atoms with Crippen LogP contribution < -0.4 is 110 Å². The first-order chi connectivity index (χ1) is 19.7.